The van der Waals surface area contributed by atoms with Gasteiger partial charge in [0, 0.05) is 5.92 Å². The van der Waals surface area contributed by atoms with E-state index in [-0.39, 0.29) is 0 Å². The first-order chi connectivity index (χ1) is 3.81. The molecule has 1 unspecified atom stereocenters. The quantitative estimate of drug-likeness (QED) is 0.363. The molecule has 0 heterocycles. The van der Waals surface area contributed by atoms with Gasteiger partial charge in [0.15, 0.2) is 0 Å². The Hall–Kier alpha value is 0.290. The second kappa shape index (κ2) is 5.43. The minimum absolute atomic E-state index is 0.588. The van der Waals surface area contributed by atoms with Gasteiger partial charge < -0.3 is 0 Å². The van der Waals surface area contributed by atoms with Crippen molar-refractivity contribution in [3.05, 3.63) is 0 Å². The van der Waals surface area contributed by atoms with Crippen molar-refractivity contribution in [2.45, 2.75) is 20.3 Å². The van der Waals surface area contributed by atoms with E-state index in [0.29, 0.717) is 5.92 Å². The normalized spacial score (nSPS) is 11.9. The third-order valence-corrected chi connectivity index (χ3v) is 1.41. The average Bonchev–Trinajstić information content (AvgIpc) is 1.83. The van der Waals surface area contributed by atoms with Crippen molar-refractivity contribution in [3.63, 3.8) is 0 Å². The highest BCUT2D eigenvalue weighted by atomic mass is 127. The zero-order valence-corrected chi connectivity index (χ0v) is 7.53. The molecule has 0 aromatic rings. The standard InChI is InChI=1S/C7H11I/c1-3-7(2)5-4-6-8/h7H,3,6H2,1-2H3. The molecule has 0 aliphatic heterocycles. The van der Waals surface area contributed by atoms with E-state index in [1.54, 1.807) is 0 Å². The van der Waals surface area contributed by atoms with Crippen LogP contribution in [0.3, 0.4) is 0 Å². The molecule has 0 aromatic heterocycles. The van der Waals surface area contributed by atoms with E-state index in [0.717, 1.165) is 4.43 Å². The van der Waals surface area contributed by atoms with Gasteiger partial charge in [-0.15, -0.1) is 0 Å². The van der Waals surface area contributed by atoms with Crippen molar-refractivity contribution in [2.75, 3.05) is 4.43 Å². The van der Waals surface area contributed by atoms with Crippen LogP contribution in [0, 0.1) is 17.8 Å². The zero-order chi connectivity index (χ0) is 6.41. The smallest absolute Gasteiger partial charge is 0.0609 e. The van der Waals surface area contributed by atoms with Gasteiger partial charge in [-0.25, -0.2) is 0 Å². The highest BCUT2D eigenvalue weighted by molar-refractivity contribution is 14.1. The van der Waals surface area contributed by atoms with Crippen LogP contribution in [-0.4, -0.2) is 4.43 Å². The van der Waals surface area contributed by atoms with Crippen molar-refractivity contribution < 1.29 is 0 Å². The monoisotopic (exact) mass is 222 g/mol. The van der Waals surface area contributed by atoms with Crippen molar-refractivity contribution in [1.29, 1.82) is 0 Å². The molecule has 0 amide bonds. The van der Waals surface area contributed by atoms with Gasteiger partial charge >= 0.3 is 0 Å². The Morgan fingerprint density at radius 1 is 1.62 bits per heavy atom. The fraction of sp³-hybridized carbons (Fsp3) is 0.714. The number of hydrogen-bond donors (Lipinski definition) is 0. The summed E-state index contributed by atoms with van der Waals surface area (Å²) in [6, 6.07) is 0. The maximum absolute atomic E-state index is 3.12. The molecule has 0 radical (unpaired) electrons. The summed E-state index contributed by atoms with van der Waals surface area (Å²) in [4.78, 5) is 0. The molecular formula is C7H11I. The van der Waals surface area contributed by atoms with E-state index in [2.05, 4.69) is 48.3 Å². The summed E-state index contributed by atoms with van der Waals surface area (Å²) >= 11 is 2.26. The second-order valence-electron chi connectivity index (χ2n) is 1.76. The van der Waals surface area contributed by atoms with Crippen molar-refractivity contribution in [2.24, 2.45) is 5.92 Å². The molecule has 0 aromatic carbocycles. The Labute approximate surface area is 65.2 Å². The molecule has 0 aliphatic carbocycles. The van der Waals surface area contributed by atoms with Crippen LogP contribution in [0.1, 0.15) is 20.3 Å². The first kappa shape index (κ1) is 8.29. The van der Waals surface area contributed by atoms with Crippen LogP contribution >= 0.6 is 22.6 Å². The Balaban J connectivity index is 3.35. The molecule has 0 nitrogen and oxygen atoms in total. The molecule has 0 fully saturated rings. The molecule has 1 atom stereocenters. The summed E-state index contributed by atoms with van der Waals surface area (Å²) in [6.45, 7) is 4.31. The van der Waals surface area contributed by atoms with Gasteiger partial charge in [0.05, 0.1) is 4.43 Å². The first-order valence-corrected chi connectivity index (χ1v) is 4.38. The summed E-state index contributed by atoms with van der Waals surface area (Å²) in [6.07, 6.45) is 1.17. The minimum atomic E-state index is 0.588. The van der Waals surface area contributed by atoms with Gasteiger partial charge in [0.1, 0.15) is 0 Å². The topological polar surface area (TPSA) is 0 Å². The van der Waals surface area contributed by atoms with Crippen LogP contribution in [0.4, 0.5) is 0 Å². The lowest BCUT2D eigenvalue weighted by molar-refractivity contribution is 0.723. The van der Waals surface area contributed by atoms with Crippen LogP contribution < -0.4 is 0 Å². The van der Waals surface area contributed by atoms with E-state index in [1.807, 2.05) is 0 Å². The number of hydrogen-bond acceptors (Lipinski definition) is 0. The minimum Gasteiger partial charge on any atom is -0.0994 e. The molecule has 0 saturated carbocycles. The lowest BCUT2D eigenvalue weighted by Crippen LogP contribution is -1.84. The van der Waals surface area contributed by atoms with E-state index in [9.17, 15) is 0 Å². The fourth-order valence-corrected chi connectivity index (χ4v) is 0.535. The lowest BCUT2D eigenvalue weighted by atomic mass is 10.1. The summed E-state index contributed by atoms with van der Waals surface area (Å²) in [7, 11) is 0. The summed E-state index contributed by atoms with van der Waals surface area (Å²) in [5.41, 5.74) is 0. The van der Waals surface area contributed by atoms with E-state index in [4.69, 9.17) is 0 Å². The van der Waals surface area contributed by atoms with Crippen LogP contribution in [0.25, 0.3) is 0 Å². The molecule has 1 heteroatoms. The molecule has 0 spiro atoms. The first-order valence-electron chi connectivity index (χ1n) is 2.85. The van der Waals surface area contributed by atoms with Crippen LogP contribution in [-0.2, 0) is 0 Å². The van der Waals surface area contributed by atoms with Crippen LogP contribution in [0.15, 0.2) is 0 Å². The van der Waals surface area contributed by atoms with Crippen LogP contribution in [0.2, 0.25) is 0 Å². The van der Waals surface area contributed by atoms with Gasteiger partial charge in [-0.05, 0) is 6.42 Å². The van der Waals surface area contributed by atoms with Gasteiger partial charge in [-0.1, -0.05) is 48.3 Å². The van der Waals surface area contributed by atoms with Crippen molar-refractivity contribution in [1.82, 2.24) is 0 Å². The molecule has 0 aliphatic rings. The van der Waals surface area contributed by atoms with Gasteiger partial charge in [-0.3, -0.25) is 0 Å². The molecule has 46 valence electrons. The summed E-state index contributed by atoms with van der Waals surface area (Å²) in [5.74, 6) is 6.75. The molecule has 0 saturated heterocycles. The Kier molecular flexibility index (Phi) is 5.62. The Bertz CT molecular complexity index is 96.7. The number of alkyl halides is 1. The summed E-state index contributed by atoms with van der Waals surface area (Å²) < 4.78 is 0.960. The molecule has 0 rings (SSSR count). The van der Waals surface area contributed by atoms with Gasteiger partial charge in [0.25, 0.3) is 0 Å². The average molecular weight is 222 g/mol. The van der Waals surface area contributed by atoms with E-state index in [1.165, 1.54) is 6.42 Å². The van der Waals surface area contributed by atoms with Crippen LogP contribution in [0.5, 0.6) is 0 Å². The third kappa shape index (κ3) is 4.45. The predicted octanol–water partition coefficient (Wildman–Crippen LogP) is 2.47. The predicted molar refractivity (Wildman–Crippen MR) is 46.1 cm³/mol. The largest absolute Gasteiger partial charge is 0.0994 e. The van der Waals surface area contributed by atoms with Crippen molar-refractivity contribution in [3.8, 4) is 11.8 Å². The van der Waals surface area contributed by atoms with Gasteiger partial charge in [-0.2, -0.15) is 0 Å². The van der Waals surface area contributed by atoms with Crippen molar-refractivity contribution >= 4 is 22.6 Å². The maximum Gasteiger partial charge on any atom is 0.0609 e. The highest BCUT2D eigenvalue weighted by Crippen LogP contribution is 1.96. The fourth-order valence-electron chi connectivity index (χ4n) is 0.315. The number of rotatable bonds is 1. The molecule has 8 heavy (non-hydrogen) atoms. The zero-order valence-electron chi connectivity index (χ0n) is 5.37. The molecule has 0 bridgehead atoms. The third-order valence-electron chi connectivity index (χ3n) is 1.03. The summed E-state index contributed by atoms with van der Waals surface area (Å²) in [5, 5.41) is 0. The molecule has 0 N–H and O–H groups in total. The molecular weight excluding hydrogens is 211 g/mol. The second-order valence-corrected chi connectivity index (χ2v) is 2.53. The Morgan fingerprint density at radius 3 is 2.62 bits per heavy atom. The lowest BCUT2D eigenvalue weighted by Gasteiger charge is -1.92. The van der Waals surface area contributed by atoms with E-state index >= 15 is 0 Å². The maximum atomic E-state index is 3.12. The van der Waals surface area contributed by atoms with E-state index < -0.39 is 0 Å². The number of halogens is 1. The highest BCUT2D eigenvalue weighted by Gasteiger charge is 1.86. The SMILES string of the molecule is CCC(C)C#CCI. The van der Waals surface area contributed by atoms with Gasteiger partial charge in [0.2, 0.25) is 0 Å². The Morgan fingerprint density at radius 2 is 2.25 bits per heavy atom.